The lowest BCUT2D eigenvalue weighted by atomic mass is 10.2. The van der Waals surface area contributed by atoms with Crippen molar-refractivity contribution in [3.63, 3.8) is 0 Å². The molecular formula is C18H16BrFN4O2S. The molecule has 140 valence electrons. The van der Waals surface area contributed by atoms with Gasteiger partial charge in [-0.1, -0.05) is 23.5 Å². The van der Waals surface area contributed by atoms with Crippen LogP contribution in [-0.4, -0.2) is 22.3 Å². The number of carbonyl (C=O) groups excluding carboxylic acids is 1. The third-order valence-electron chi connectivity index (χ3n) is 3.27. The van der Waals surface area contributed by atoms with Crippen molar-refractivity contribution in [2.75, 3.05) is 10.6 Å². The number of nitrogens with zero attached hydrogens (tertiary/aromatic N) is 2. The number of urea groups is 1. The van der Waals surface area contributed by atoms with Crippen molar-refractivity contribution < 1.29 is 13.9 Å². The Morgan fingerprint density at radius 2 is 2.00 bits per heavy atom. The van der Waals surface area contributed by atoms with Crippen LogP contribution in [0.4, 0.5) is 20.0 Å². The summed E-state index contributed by atoms with van der Waals surface area (Å²) in [7, 11) is 0. The Kier molecular flexibility index (Phi) is 6.02. The van der Waals surface area contributed by atoms with Gasteiger partial charge >= 0.3 is 6.03 Å². The summed E-state index contributed by atoms with van der Waals surface area (Å²) in [6.07, 6.45) is 0.00742. The second-order valence-electron chi connectivity index (χ2n) is 5.81. The normalized spacial score (nSPS) is 10.7. The maximum Gasteiger partial charge on any atom is 0.325 e. The van der Waals surface area contributed by atoms with Gasteiger partial charge in [0.15, 0.2) is 0 Å². The van der Waals surface area contributed by atoms with Gasteiger partial charge in [-0.3, -0.25) is 5.32 Å². The van der Waals surface area contributed by atoms with Crippen LogP contribution < -0.4 is 15.4 Å². The van der Waals surface area contributed by atoms with E-state index in [1.807, 2.05) is 13.8 Å². The molecule has 0 fully saturated rings. The highest BCUT2D eigenvalue weighted by molar-refractivity contribution is 9.10. The molecule has 2 aromatic carbocycles. The third kappa shape index (κ3) is 5.24. The van der Waals surface area contributed by atoms with E-state index in [1.165, 1.54) is 12.1 Å². The molecule has 3 rings (SSSR count). The molecule has 0 atom stereocenters. The van der Waals surface area contributed by atoms with Gasteiger partial charge in [0, 0.05) is 17.3 Å². The number of ether oxygens (including phenoxy) is 1. The van der Waals surface area contributed by atoms with Crippen LogP contribution >= 0.6 is 27.3 Å². The van der Waals surface area contributed by atoms with Gasteiger partial charge in [-0.25, -0.2) is 9.18 Å². The van der Waals surface area contributed by atoms with Gasteiger partial charge in [0.25, 0.3) is 0 Å². The predicted molar refractivity (Wildman–Crippen MR) is 108 cm³/mol. The lowest BCUT2D eigenvalue weighted by Gasteiger charge is -2.13. The lowest BCUT2D eigenvalue weighted by molar-refractivity contribution is 0.241. The number of benzene rings is 2. The zero-order valence-electron chi connectivity index (χ0n) is 14.5. The van der Waals surface area contributed by atoms with Crippen molar-refractivity contribution in [1.82, 2.24) is 10.2 Å². The van der Waals surface area contributed by atoms with Gasteiger partial charge in [-0.2, -0.15) is 0 Å². The van der Waals surface area contributed by atoms with Gasteiger partial charge < -0.3 is 10.1 Å². The number of hydrogen-bond acceptors (Lipinski definition) is 5. The van der Waals surface area contributed by atoms with E-state index in [0.717, 1.165) is 15.8 Å². The maximum absolute atomic E-state index is 13.3. The molecule has 2 amide bonds. The Morgan fingerprint density at radius 1 is 1.19 bits per heavy atom. The monoisotopic (exact) mass is 450 g/mol. The van der Waals surface area contributed by atoms with Gasteiger partial charge in [0.2, 0.25) is 5.13 Å². The summed E-state index contributed by atoms with van der Waals surface area (Å²) >= 11 is 4.57. The smallest absolute Gasteiger partial charge is 0.325 e. The molecule has 9 heteroatoms. The van der Waals surface area contributed by atoms with Crippen molar-refractivity contribution in [2.45, 2.75) is 20.0 Å². The van der Waals surface area contributed by atoms with Crippen LogP contribution in [0.15, 0.2) is 46.9 Å². The van der Waals surface area contributed by atoms with Crippen molar-refractivity contribution in [2.24, 2.45) is 0 Å². The number of aromatic nitrogens is 2. The first kappa shape index (κ1) is 19.2. The molecule has 1 aromatic heterocycles. The summed E-state index contributed by atoms with van der Waals surface area (Å²) in [5.41, 5.74) is 1.17. The van der Waals surface area contributed by atoms with Crippen LogP contribution in [0.2, 0.25) is 0 Å². The standard InChI is InChI=1S/C18H16BrFN4O2S/c1-10(2)26-15-9-13(6-7-14(15)19)21-17(25)22-18-24-23-16(27-18)11-4-3-5-12(20)8-11/h3-10H,1-2H3,(H2,21,22,24,25). The average molecular weight is 451 g/mol. The Labute approximate surface area is 167 Å². The fraction of sp³-hybridized carbons (Fsp3) is 0.167. The predicted octanol–water partition coefficient (Wildman–Crippen LogP) is 5.54. The number of halogens is 2. The number of rotatable bonds is 5. The highest BCUT2D eigenvalue weighted by atomic mass is 79.9. The van der Waals surface area contributed by atoms with E-state index < -0.39 is 6.03 Å². The highest BCUT2D eigenvalue weighted by Gasteiger charge is 2.12. The molecule has 0 aliphatic carbocycles. The molecule has 0 saturated heterocycles. The SMILES string of the molecule is CC(C)Oc1cc(NC(=O)Nc2nnc(-c3cccc(F)c3)s2)ccc1Br. The number of amides is 2. The summed E-state index contributed by atoms with van der Waals surface area (Å²) in [6, 6.07) is 10.8. The molecule has 3 aromatic rings. The van der Waals surface area contributed by atoms with Gasteiger partial charge in [-0.15, -0.1) is 10.2 Å². The maximum atomic E-state index is 13.3. The van der Waals surface area contributed by atoms with Crippen LogP contribution in [0.25, 0.3) is 10.6 Å². The number of anilines is 2. The fourth-order valence-electron chi connectivity index (χ4n) is 2.20. The number of nitrogens with one attached hydrogen (secondary N) is 2. The molecule has 2 N–H and O–H groups in total. The number of hydrogen-bond donors (Lipinski definition) is 2. The first-order valence-electron chi connectivity index (χ1n) is 8.04. The summed E-state index contributed by atoms with van der Waals surface area (Å²) in [4.78, 5) is 12.2. The van der Waals surface area contributed by atoms with Gasteiger partial charge in [-0.05, 0) is 54.0 Å². The summed E-state index contributed by atoms with van der Waals surface area (Å²) < 4.78 is 19.8. The second-order valence-corrected chi connectivity index (χ2v) is 7.65. The fourth-order valence-corrected chi connectivity index (χ4v) is 3.27. The Bertz CT molecular complexity index is 964. The zero-order valence-corrected chi connectivity index (χ0v) is 16.9. The molecule has 1 heterocycles. The van der Waals surface area contributed by atoms with E-state index in [2.05, 4.69) is 36.8 Å². The highest BCUT2D eigenvalue weighted by Crippen LogP contribution is 2.30. The van der Waals surface area contributed by atoms with Gasteiger partial charge in [0.1, 0.15) is 16.6 Å². The van der Waals surface area contributed by atoms with E-state index >= 15 is 0 Å². The molecule has 0 unspecified atom stereocenters. The molecule has 0 saturated carbocycles. The van der Waals surface area contributed by atoms with E-state index in [9.17, 15) is 9.18 Å². The lowest BCUT2D eigenvalue weighted by Crippen LogP contribution is -2.19. The van der Waals surface area contributed by atoms with Crippen LogP contribution in [0.1, 0.15) is 13.8 Å². The van der Waals surface area contributed by atoms with Crippen molar-refractivity contribution in [1.29, 1.82) is 0 Å². The second kappa shape index (κ2) is 8.45. The zero-order chi connectivity index (χ0) is 19.4. The first-order chi connectivity index (χ1) is 12.9. The van der Waals surface area contributed by atoms with Crippen LogP contribution in [0, 0.1) is 5.82 Å². The number of carbonyl (C=O) groups is 1. The Hall–Kier alpha value is -2.52. The molecule has 0 bridgehead atoms. The minimum Gasteiger partial charge on any atom is -0.490 e. The van der Waals surface area contributed by atoms with Crippen LogP contribution in [-0.2, 0) is 0 Å². The Morgan fingerprint density at radius 3 is 2.74 bits per heavy atom. The first-order valence-corrected chi connectivity index (χ1v) is 9.65. The molecular weight excluding hydrogens is 435 g/mol. The summed E-state index contributed by atoms with van der Waals surface area (Å²) in [5, 5.41) is 14.1. The Balaban J connectivity index is 1.66. The van der Waals surface area contributed by atoms with Crippen molar-refractivity contribution >= 4 is 44.1 Å². The minimum atomic E-state index is -0.463. The third-order valence-corrected chi connectivity index (χ3v) is 4.81. The van der Waals surface area contributed by atoms with Crippen molar-refractivity contribution in [3.05, 3.63) is 52.8 Å². The van der Waals surface area contributed by atoms with E-state index in [-0.39, 0.29) is 11.9 Å². The average Bonchev–Trinajstić information content (AvgIpc) is 3.06. The molecule has 27 heavy (non-hydrogen) atoms. The van der Waals surface area contributed by atoms with E-state index in [0.29, 0.717) is 27.1 Å². The van der Waals surface area contributed by atoms with E-state index in [4.69, 9.17) is 4.74 Å². The molecule has 0 spiro atoms. The summed E-state index contributed by atoms with van der Waals surface area (Å²) in [6.45, 7) is 3.84. The minimum absolute atomic E-state index is 0.00742. The van der Waals surface area contributed by atoms with Gasteiger partial charge in [0.05, 0.1) is 10.6 Å². The largest absolute Gasteiger partial charge is 0.490 e. The quantitative estimate of drug-likeness (QED) is 0.534. The topological polar surface area (TPSA) is 76.1 Å². The van der Waals surface area contributed by atoms with Crippen LogP contribution in [0.5, 0.6) is 5.75 Å². The van der Waals surface area contributed by atoms with Crippen LogP contribution in [0.3, 0.4) is 0 Å². The summed E-state index contributed by atoms with van der Waals surface area (Å²) in [5.74, 6) is 0.275. The molecule has 0 radical (unpaired) electrons. The molecule has 6 nitrogen and oxygen atoms in total. The van der Waals surface area contributed by atoms with Crippen molar-refractivity contribution in [3.8, 4) is 16.3 Å². The van der Waals surface area contributed by atoms with E-state index in [1.54, 1.807) is 30.3 Å². The molecule has 0 aliphatic heterocycles. The molecule has 0 aliphatic rings.